The summed E-state index contributed by atoms with van der Waals surface area (Å²) in [6.07, 6.45) is 6.46. The lowest BCUT2D eigenvalue weighted by Gasteiger charge is -2.36. The smallest absolute Gasteiger partial charge is 0.328 e. The number of carbonyl (C=O) groups is 2. The average molecular weight is 262 g/mol. The van der Waals surface area contributed by atoms with Crippen LogP contribution in [0.2, 0.25) is 0 Å². The zero-order valence-corrected chi connectivity index (χ0v) is 11.3. The molecule has 2 aliphatic rings. The maximum Gasteiger partial charge on any atom is 0.328 e. The fourth-order valence-corrected chi connectivity index (χ4v) is 2.89. The number of aliphatic hydroxyl groups is 1. The molecular weight excluding hydrogens is 244 g/mol. The summed E-state index contributed by atoms with van der Waals surface area (Å²) in [6, 6.07) is 0. The van der Waals surface area contributed by atoms with Crippen LogP contribution in [0.15, 0.2) is 35.5 Å². The molecule has 2 aliphatic carbocycles. The van der Waals surface area contributed by atoms with Crippen LogP contribution in [0.4, 0.5) is 0 Å². The molecule has 0 amide bonds. The number of hydrogen-bond donors (Lipinski definition) is 2. The molecule has 1 fully saturated rings. The van der Waals surface area contributed by atoms with Crippen molar-refractivity contribution in [3.63, 3.8) is 0 Å². The largest absolute Gasteiger partial charge is 0.478 e. The molecule has 19 heavy (non-hydrogen) atoms. The molecule has 0 aliphatic heterocycles. The highest BCUT2D eigenvalue weighted by Crippen LogP contribution is 2.64. The van der Waals surface area contributed by atoms with Gasteiger partial charge in [-0.2, -0.15) is 0 Å². The predicted molar refractivity (Wildman–Crippen MR) is 70.5 cm³/mol. The van der Waals surface area contributed by atoms with Crippen molar-refractivity contribution in [1.29, 1.82) is 0 Å². The van der Waals surface area contributed by atoms with E-state index in [2.05, 4.69) is 0 Å². The predicted octanol–water partition coefficient (Wildman–Crippen LogP) is 1.86. The Labute approximate surface area is 112 Å². The summed E-state index contributed by atoms with van der Waals surface area (Å²) in [5.41, 5.74) is -0.457. The van der Waals surface area contributed by atoms with E-state index < -0.39 is 17.0 Å². The van der Waals surface area contributed by atoms with E-state index in [1.165, 1.54) is 6.08 Å². The normalized spacial score (nSPS) is 38.1. The third kappa shape index (κ3) is 2.06. The van der Waals surface area contributed by atoms with Crippen LogP contribution in [-0.2, 0) is 9.59 Å². The summed E-state index contributed by atoms with van der Waals surface area (Å²) in [5, 5.41) is 19.5. The lowest BCUT2D eigenvalue weighted by atomic mass is 9.73. The molecule has 0 aromatic heterocycles. The number of carbonyl (C=O) groups excluding carboxylic acids is 1. The Hall–Kier alpha value is -1.68. The van der Waals surface area contributed by atoms with Gasteiger partial charge in [0.2, 0.25) is 0 Å². The molecule has 3 atom stereocenters. The van der Waals surface area contributed by atoms with Gasteiger partial charge in [0, 0.05) is 17.4 Å². The maximum absolute atomic E-state index is 11.7. The van der Waals surface area contributed by atoms with Gasteiger partial charge >= 0.3 is 5.97 Å². The summed E-state index contributed by atoms with van der Waals surface area (Å²) >= 11 is 0. The third-order valence-corrected chi connectivity index (χ3v) is 4.35. The van der Waals surface area contributed by atoms with E-state index in [-0.39, 0.29) is 11.7 Å². The molecule has 0 radical (unpaired) electrons. The average Bonchev–Trinajstić information content (AvgIpc) is 2.98. The minimum Gasteiger partial charge on any atom is -0.478 e. The molecule has 4 heteroatoms. The fourth-order valence-electron chi connectivity index (χ4n) is 2.89. The molecular formula is C15H18O4. The number of fused-ring (bicyclic) bond motifs is 1. The minimum absolute atomic E-state index is 0.0795. The van der Waals surface area contributed by atoms with Crippen molar-refractivity contribution in [2.75, 3.05) is 0 Å². The van der Waals surface area contributed by atoms with Gasteiger partial charge in [-0.25, -0.2) is 4.79 Å². The highest BCUT2D eigenvalue weighted by molar-refractivity contribution is 5.97. The fraction of sp³-hybridized carbons (Fsp3) is 0.467. The van der Waals surface area contributed by atoms with Gasteiger partial charge in [-0.15, -0.1) is 0 Å². The van der Waals surface area contributed by atoms with Crippen molar-refractivity contribution in [3.8, 4) is 0 Å². The van der Waals surface area contributed by atoms with E-state index in [4.69, 9.17) is 5.11 Å². The maximum atomic E-state index is 11.7. The zero-order chi connectivity index (χ0) is 14.4. The van der Waals surface area contributed by atoms with Gasteiger partial charge in [0.1, 0.15) is 5.60 Å². The first kappa shape index (κ1) is 13.7. The molecule has 3 unspecified atom stereocenters. The summed E-state index contributed by atoms with van der Waals surface area (Å²) in [5.74, 6) is -1.05. The van der Waals surface area contributed by atoms with Crippen LogP contribution in [0.1, 0.15) is 27.2 Å². The Morgan fingerprint density at radius 3 is 2.74 bits per heavy atom. The number of carboxylic acid groups (broad SMARTS) is 1. The molecule has 0 bridgehead atoms. The molecule has 0 aromatic carbocycles. The monoisotopic (exact) mass is 262 g/mol. The van der Waals surface area contributed by atoms with Gasteiger partial charge in [-0.1, -0.05) is 13.0 Å². The molecule has 0 saturated heterocycles. The van der Waals surface area contributed by atoms with E-state index in [9.17, 15) is 14.7 Å². The molecule has 0 heterocycles. The van der Waals surface area contributed by atoms with Gasteiger partial charge < -0.3 is 10.2 Å². The summed E-state index contributed by atoms with van der Waals surface area (Å²) < 4.78 is 0. The second-order valence-electron chi connectivity index (χ2n) is 5.73. The number of allylic oxidation sites excluding steroid dienone is 3. The van der Waals surface area contributed by atoms with E-state index >= 15 is 0 Å². The van der Waals surface area contributed by atoms with Crippen LogP contribution < -0.4 is 0 Å². The Balaban J connectivity index is 2.33. The second-order valence-corrected chi connectivity index (χ2v) is 5.73. The Bertz CT molecular complexity index is 540. The Morgan fingerprint density at radius 1 is 1.53 bits per heavy atom. The molecule has 1 saturated carbocycles. The van der Waals surface area contributed by atoms with E-state index in [0.29, 0.717) is 17.6 Å². The van der Waals surface area contributed by atoms with Gasteiger partial charge in [0.05, 0.1) is 0 Å². The number of carboxylic acids is 1. The highest BCUT2D eigenvalue weighted by Gasteiger charge is 2.67. The second kappa shape index (κ2) is 4.17. The molecule has 102 valence electrons. The van der Waals surface area contributed by atoms with Gasteiger partial charge in [0.25, 0.3) is 0 Å². The van der Waals surface area contributed by atoms with Gasteiger partial charge in [0.15, 0.2) is 5.78 Å². The van der Waals surface area contributed by atoms with Crippen LogP contribution in [0.3, 0.4) is 0 Å². The van der Waals surface area contributed by atoms with Crippen molar-refractivity contribution in [2.24, 2.45) is 11.3 Å². The standard InChI is InChI=1S/C15H18O4/c1-9(6-13(17)18)4-5-15(19)10(2)7-12(16)11-8-14(11,15)3/h4-7,11,19H,8H2,1-3H3,(H,17,18)/b5-4+,9-6-. The van der Waals surface area contributed by atoms with Crippen molar-refractivity contribution >= 4 is 11.8 Å². The van der Waals surface area contributed by atoms with E-state index in [1.807, 2.05) is 6.92 Å². The topological polar surface area (TPSA) is 74.6 Å². The third-order valence-electron chi connectivity index (χ3n) is 4.35. The Kier molecular flexibility index (Phi) is 3.01. The quantitative estimate of drug-likeness (QED) is 0.601. The number of hydrogen-bond acceptors (Lipinski definition) is 3. The van der Waals surface area contributed by atoms with Crippen LogP contribution >= 0.6 is 0 Å². The minimum atomic E-state index is -1.17. The molecule has 0 spiro atoms. The van der Waals surface area contributed by atoms with Crippen molar-refractivity contribution in [1.82, 2.24) is 0 Å². The number of ketones is 1. The first-order valence-electron chi connectivity index (χ1n) is 6.26. The van der Waals surface area contributed by atoms with Gasteiger partial charge in [-0.05, 0) is 43.6 Å². The summed E-state index contributed by atoms with van der Waals surface area (Å²) in [4.78, 5) is 22.3. The molecule has 2 N–H and O–H groups in total. The van der Waals surface area contributed by atoms with Crippen LogP contribution in [0.5, 0.6) is 0 Å². The van der Waals surface area contributed by atoms with Crippen molar-refractivity contribution in [3.05, 3.63) is 35.5 Å². The molecule has 4 nitrogen and oxygen atoms in total. The van der Waals surface area contributed by atoms with Crippen molar-refractivity contribution in [2.45, 2.75) is 32.8 Å². The summed E-state index contributed by atoms with van der Waals surface area (Å²) in [7, 11) is 0. The number of aliphatic carboxylic acids is 1. The Morgan fingerprint density at radius 2 is 2.16 bits per heavy atom. The first-order chi connectivity index (χ1) is 8.70. The highest BCUT2D eigenvalue weighted by atomic mass is 16.4. The number of rotatable bonds is 3. The van der Waals surface area contributed by atoms with E-state index in [0.717, 1.165) is 6.08 Å². The van der Waals surface area contributed by atoms with Crippen LogP contribution in [-0.4, -0.2) is 27.6 Å². The van der Waals surface area contributed by atoms with Gasteiger partial charge in [-0.3, -0.25) is 4.79 Å². The summed E-state index contributed by atoms with van der Waals surface area (Å²) in [6.45, 7) is 5.29. The lowest BCUT2D eigenvalue weighted by molar-refractivity contribution is -0.131. The SMILES string of the molecule is CC1=CC(=O)C2CC2(C)C1(O)/C=C/C(C)=C\C(=O)O. The van der Waals surface area contributed by atoms with Crippen LogP contribution in [0, 0.1) is 11.3 Å². The molecule has 2 rings (SSSR count). The lowest BCUT2D eigenvalue weighted by Crippen LogP contribution is -2.42. The first-order valence-corrected chi connectivity index (χ1v) is 6.26. The van der Waals surface area contributed by atoms with E-state index in [1.54, 1.807) is 26.0 Å². The molecule has 0 aromatic rings. The zero-order valence-electron chi connectivity index (χ0n) is 11.3. The van der Waals surface area contributed by atoms with Crippen molar-refractivity contribution < 1.29 is 19.8 Å². The van der Waals surface area contributed by atoms with Crippen LogP contribution in [0.25, 0.3) is 0 Å².